The van der Waals surface area contributed by atoms with Crippen LogP contribution in [-0.4, -0.2) is 40.5 Å². The Morgan fingerprint density at radius 3 is 2.88 bits per heavy atom. The van der Waals surface area contributed by atoms with E-state index in [0.29, 0.717) is 5.88 Å². The second-order valence-corrected chi connectivity index (χ2v) is 6.82. The van der Waals surface area contributed by atoms with E-state index in [0.717, 1.165) is 36.2 Å². The van der Waals surface area contributed by atoms with E-state index in [4.69, 9.17) is 9.72 Å². The largest absolute Gasteiger partial charge is 0.483 e. The third-order valence-corrected chi connectivity index (χ3v) is 4.75. The van der Waals surface area contributed by atoms with Gasteiger partial charge in [0.2, 0.25) is 5.91 Å². The van der Waals surface area contributed by atoms with Crippen LogP contribution in [0.1, 0.15) is 38.6 Å². The number of nitrogens with zero attached hydrogens (tertiary/aromatic N) is 2. The van der Waals surface area contributed by atoms with Crippen molar-refractivity contribution in [3.63, 3.8) is 0 Å². The summed E-state index contributed by atoms with van der Waals surface area (Å²) in [7, 11) is 1.55. The number of hydrogen-bond acceptors (Lipinski definition) is 4. The molecule has 0 saturated carbocycles. The fourth-order valence-corrected chi connectivity index (χ4v) is 3.37. The number of nitrogens with one attached hydrogen (secondary N) is 2. The lowest BCUT2D eigenvalue weighted by molar-refractivity contribution is -0.135. The highest BCUT2D eigenvalue weighted by Gasteiger charge is 2.36. The normalized spacial score (nSPS) is 18.6. The van der Waals surface area contributed by atoms with Crippen molar-refractivity contribution in [2.24, 2.45) is 5.92 Å². The molecule has 6 heteroatoms. The van der Waals surface area contributed by atoms with E-state index in [1.54, 1.807) is 7.11 Å². The van der Waals surface area contributed by atoms with Gasteiger partial charge < -0.3 is 19.9 Å². The van der Waals surface area contributed by atoms with E-state index >= 15 is 0 Å². The van der Waals surface area contributed by atoms with Gasteiger partial charge in [-0.1, -0.05) is 26.0 Å². The summed E-state index contributed by atoms with van der Waals surface area (Å²) < 4.78 is 5.10. The Bertz CT molecular complexity index is 735. The van der Waals surface area contributed by atoms with Crippen LogP contribution in [-0.2, 0) is 9.53 Å². The van der Waals surface area contributed by atoms with Crippen molar-refractivity contribution >= 4 is 16.9 Å². The fourth-order valence-electron chi connectivity index (χ4n) is 3.37. The number of aromatic amines is 1. The van der Waals surface area contributed by atoms with E-state index in [1.165, 1.54) is 0 Å². The maximum atomic E-state index is 13.2. The minimum absolute atomic E-state index is 0.0150. The zero-order valence-electron chi connectivity index (χ0n) is 15.1. The predicted octanol–water partition coefficient (Wildman–Crippen LogP) is 2.96. The maximum Gasteiger partial charge on any atom is 0.246 e. The summed E-state index contributed by atoms with van der Waals surface area (Å²) in [4.78, 5) is 23.2. The van der Waals surface area contributed by atoms with Crippen LogP contribution in [0.25, 0.3) is 11.0 Å². The number of benzene rings is 1. The Kier molecular flexibility index (Phi) is 4.97. The van der Waals surface area contributed by atoms with Crippen molar-refractivity contribution in [1.29, 1.82) is 0 Å². The summed E-state index contributed by atoms with van der Waals surface area (Å²) in [6, 6.07) is 7.57. The molecule has 0 radical (unpaired) electrons. The minimum Gasteiger partial charge on any atom is -0.483 e. The molecule has 0 bridgehead atoms. The molecule has 1 aromatic heterocycles. The summed E-state index contributed by atoms with van der Waals surface area (Å²) in [6.07, 6.45) is 1.89. The second-order valence-electron chi connectivity index (χ2n) is 6.82. The molecule has 0 spiro atoms. The molecule has 25 heavy (non-hydrogen) atoms. The number of carbonyl (C=O) groups excluding carboxylic acids is 1. The Morgan fingerprint density at radius 1 is 1.44 bits per heavy atom. The molecule has 1 aromatic carbocycles. The topological polar surface area (TPSA) is 70.2 Å². The van der Waals surface area contributed by atoms with Gasteiger partial charge in [-0.15, -0.1) is 0 Å². The first kappa shape index (κ1) is 17.3. The zero-order chi connectivity index (χ0) is 18.0. The number of amides is 1. The number of aromatic nitrogens is 2. The summed E-state index contributed by atoms with van der Waals surface area (Å²) in [5.41, 5.74) is 1.94. The van der Waals surface area contributed by atoms with Crippen molar-refractivity contribution in [3.8, 4) is 0 Å². The summed E-state index contributed by atoms with van der Waals surface area (Å²) in [5.74, 6) is 1.46. The number of likely N-dealkylation sites (tertiary alicyclic amines) is 1. The van der Waals surface area contributed by atoms with Crippen LogP contribution in [0, 0.1) is 5.92 Å². The molecule has 0 aliphatic carbocycles. The smallest absolute Gasteiger partial charge is 0.246 e. The summed E-state index contributed by atoms with van der Waals surface area (Å²) in [5, 5.41) is 3.10. The number of rotatable bonds is 6. The van der Waals surface area contributed by atoms with Crippen LogP contribution >= 0.6 is 0 Å². The minimum atomic E-state index is -0.363. The lowest BCUT2D eigenvalue weighted by Gasteiger charge is -2.30. The monoisotopic (exact) mass is 342 g/mol. The van der Waals surface area contributed by atoms with E-state index in [1.807, 2.05) is 43.0 Å². The van der Waals surface area contributed by atoms with Crippen LogP contribution in [0.5, 0.6) is 0 Å². The summed E-state index contributed by atoms with van der Waals surface area (Å²) in [6.45, 7) is 8.57. The third-order valence-electron chi connectivity index (χ3n) is 4.75. The number of methoxy groups -OCH3 is 1. The van der Waals surface area contributed by atoms with E-state index in [2.05, 4.69) is 16.9 Å². The Labute approximate surface area is 148 Å². The van der Waals surface area contributed by atoms with Gasteiger partial charge in [-0.25, -0.2) is 4.98 Å². The molecule has 134 valence electrons. The molecular formula is C19H26N4O2. The van der Waals surface area contributed by atoms with Gasteiger partial charge in [-0.05, 0) is 37.5 Å². The SMILES string of the molecule is C=C(N[C@H](C(=O)N1CCC[C@H]1c1nc2ccccc2[nH]1)C(C)C)OC. The molecule has 2 N–H and O–H groups in total. The molecule has 1 fully saturated rings. The van der Waals surface area contributed by atoms with Crippen LogP contribution in [0.3, 0.4) is 0 Å². The number of hydrogen-bond donors (Lipinski definition) is 2. The van der Waals surface area contributed by atoms with Crippen molar-refractivity contribution in [1.82, 2.24) is 20.2 Å². The first-order chi connectivity index (χ1) is 12.0. The van der Waals surface area contributed by atoms with Gasteiger partial charge >= 0.3 is 0 Å². The predicted molar refractivity (Wildman–Crippen MR) is 97.7 cm³/mol. The molecule has 1 aliphatic rings. The van der Waals surface area contributed by atoms with Crippen LogP contribution in [0.15, 0.2) is 36.7 Å². The van der Waals surface area contributed by atoms with Crippen LogP contribution < -0.4 is 5.32 Å². The van der Waals surface area contributed by atoms with E-state index < -0.39 is 0 Å². The van der Waals surface area contributed by atoms with Gasteiger partial charge in [0.05, 0.1) is 24.2 Å². The van der Waals surface area contributed by atoms with E-state index in [-0.39, 0.29) is 23.9 Å². The van der Waals surface area contributed by atoms with Crippen molar-refractivity contribution in [3.05, 3.63) is 42.6 Å². The molecule has 2 aromatic rings. The van der Waals surface area contributed by atoms with Crippen molar-refractivity contribution in [2.75, 3.05) is 13.7 Å². The third kappa shape index (κ3) is 3.48. The Balaban J connectivity index is 1.84. The Hall–Kier alpha value is -2.50. The number of ether oxygens (including phenoxy) is 1. The fraction of sp³-hybridized carbons (Fsp3) is 0.474. The quantitative estimate of drug-likeness (QED) is 0.792. The lowest BCUT2D eigenvalue weighted by Crippen LogP contribution is -2.48. The molecular weight excluding hydrogens is 316 g/mol. The molecule has 2 heterocycles. The molecule has 0 unspecified atom stereocenters. The Morgan fingerprint density at radius 2 is 2.20 bits per heavy atom. The van der Waals surface area contributed by atoms with Crippen LogP contribution in [0.2, 0.25) is 0 Å². The first-order valence-electron chi connectivity index (χ1n) is 8.75. The van der Waals surface area contributed by atoms with Crippen LogP contribution in [0.4, 0.5) is 0 Å². The van der Waals surface area contributed by atoms with Crippen molar-refractivity contribution < 1.29 is 9.53 Å². The first-order valence-corrected chi connectivity index (χ1v) is 8.75. The number of H-pyrrole nitrogens is 1. The van der Waals surface area contributed by atoms with Gasteiger partial charge in [0.15, 0.2) is 5.88 Å². The average molecular weight is 342 g/mol. The van der Waals surface area contributed by atoms with Crippen molar-refractivity contribution in [2.45, 2.75) is 38.8 Å². The van der Waals surface area contributed by atoms with Gasteiger partial charge in [0, 0.05) is 6.54 Å². The highest BCUT2D eigenvalue weighted by molar-refractivity contribution is 5.83. The molecule has 1 saturated heterocycles. The standard InChI is InChI=1S/C19H26N4O2/c1-12(2)17(20-13(3)25-4)19(24)23-11-7-10-16(23)18-21-14-8-5-6-9-15(14)22-18/h5-6,8-9,12,16-17,20H,3,7,10-11H2,1-2,4H3,(H,21,22)/t16-,17-/m0/s1. The van der Waals surface area contributed by atoms with Gasteiger partial charge in [-0.3, -0.25) is 4.79 Å². The molecule has 3 rings (SSSR count). The van der Waals surface area contributed by atoms with E-state index in [9.17, 15) is 4.79 Å². The number of para-hydroxylation sites is 2. The van der Waals surface area contributed by atoms with Gasteiger partial charge in [0.25, 0.3) is 0 Å². The van der Waals surface area contributed by atoms with Gasteiger partial charge in [0.1, 0.15) is 11.9 Å². The zero-order valence-corrected chi connectivity index (χ0v) is 15.1. The average Bonchev–Trinajstić information content (AvgIpc) is 3.24. The maximum absolute atomic E-state index is 13.2. The highest BCUT2D eigenvalue weighted by atomic mass is 16.5. The number of fused-ring (bicyclic) bond motifs is 1. The molecule has 1 amide bonds. The number of carbonyl (C=O) groups is 1. The molecule has 2 atom stereocenters. The summed E-state index contributed by atoms with van der Waals surface area (Å²) >= 11 is 0. The molecule has 6 nitrogen and oxygen atoms in total. The molecule has 1 aliphatic heterocycles. The lowest BCUT2D eigenvalue weighted by atomic mass is 10.0. The highest BCUT2D eigenvalue weighted by Crippen LogP contribution is 2.32. The number of imidazole rings is 1. The van der Waals surface area contributed by atoms with Gasteiger partial charge in [-0.2, -0.15) is 0 Å². The second kappa shape index (κ2) is 7.17.